The van der Waals surface area contributed by atoms with Crippen LogP contribution in [-0.4, -0.2) is 97.5 Å². The Bertz CT molecular complexity index is 1950. The number of carbonyl (C=O) groups is 3. The Morgan fingerprint density at radius 3 is 1.48 bits per heavy atom. The summed E-state index contributed by atoms with van der Waals surface area (Å²) in [7, 11) is 1.59. The van der Waals surface area contributed by atoms with Crippen molar-refractivity contribution in [3.05, 3.63) is 132 Å². The van der Waals surface area contributed by atoms with E-state index in [4.69, 9.17) is 52.1 Å². The van der Waals surface area contributed by atoms with E-state index in [0.717, 1.165) is 16.7 Å². The average molecular weight is 955 g/mol. The van der Waals surface area contributed by atoms with Crippen LogP contribution in [0, 0.1) is 0 Å². The quantitative estimate of drug-likeness (QED) is 0.0434. The number of ether oxygens (including phenoxy) is 11. The Morgan fingerprint density at radius 2 is 0.967 bits per heavy atom. The lowest BCUT2D eigenvalue weighted by molar-refractivity contribution is -0.321. The number of hydrogen-bond acceptors (Lipinski definition) is 14. The van der Waals surface area contributed by atoms with Crippen molar-refractivity contribution in [1.29, 1.82) is 0 Å². The van der Waals surface area contributed by atoms with Crippen molar-refractivity contribution in [1.82, 2.24) is 0 Å². The van der Waals surface area contributed by atoms with Crippen molar-refractivity contribution < 1.29 is 66.5 Å². The Hall–Kier alpha value is -4.62. The third-order valence-electron chi connectivity index (χ3n) is 9.81. The highest BCUT2D eigenvalue weighted by Crippen LogP contribution is 2.36. The van der Waals surface area contributed by atoms with E-state index in [1.54, 1.807) is 31.4 Å². The lowest BCUT2D eigenvalue weighted by Crippen LogP contribution is -2.63. The smallest absolute Gasteiger partial charge is 0.303 e. The third-order valence-corrected chi connectivity index (χ3v) is 11.1. The molecule has 0 aromatic heterocycles. The maximum absolute atomic E-state index is 12.4. The van der Waals surface area contributed by atoms with Gasteiger partial charge in [-0.05, 0) is 41.0 Å². The Morgan fingerprint density at radius 1 is 0.508 bits per heavy atom. The van der Waals surface area contributed by atoms with Gasteiger partial charge in [0.1, 0.15) is 52.6 Å². The fraction of sp³-hybridized carbons (Fsp3) is 0.413. The Kier molecular flexibility index (Phi) is 17.3. The first-order chi connectivity index (χ1) is 29.6. The van der Waals surface area contributed by atoms with Crippen LogP contribution in [0.25, 0.3) is 0 Å². The second kappa shape index (κ2) is 23.0. The van der Waals surface area contributed by atoms with E-state index in [-0.39, 0.29) is 33.0 Å². The highest BCUT2D eigenvalue weighted by molar-refractivity contribution is 14.1. The predicted octanol–water partition coefficient (Wildman–Crippen LogP) is 6.53. The van der Waals surface area contributed by atoms with Crippen molar-refractivity contribution in [2.24, 2.45) is 0 Å². The molecule has 2 aliphatic rings. The molecule has 0 aliphatic carbocycles. The second-order valence-corrected chi connectivity index (χ2v) is 15.8. The zero-order chi connectivity index (χ0) is 43.1. The highest BCUT2D eigenvalue weighted by Gasteiger charge is 2.53. The molecule has 0 unspecified atom stereocenters. The minimum atomic E-state index is -1.10. The van der Waals surface area contributed by atoms with Crippen molar-refractivity contribution >= 4 is 40.5 Å². The van der Waals surface area contributed by atoms with E-state index in [2.05, 4.69) is 0 Å². The first-order valence-electron chi connectivity index (χ1n) is 19.9. The number of esters is 3. The normalized spacial score (nSPS) is 26.1. The van der Waals surface area contributed by atoms with Crippen LogP contribution in [0.2, 0.25) is 0 Å². The van der Waals surface area contributed by atoms with Gasteiger partial charge >= 0.3 is 17.9 Å². The summed E-state index contributed by atoms with van der Waals surface area (Å²) in [5.41, 5.74) is 2.78. The molecule has 0 bridgehead atoms. The van der Waals surface area contributed by atoms with Crippen LogP contribution in [0.3, 0.4) is 0 Å². The fourth-order valence-corrected chi connectivity index (χ4v) is 7.88. The van der Waals surface area contributed by atoms with Gasteiger partial charge in [0.05, 0.1) is 33.5 Å². The fourth-order valence-electron chi connectivity index (χ4n) is 6.95. The van der Waals surface area contributed by atoms with E-state index in [0.29, 0.717) is 11.5 Å². The number of halogens is 1. The van der Waals surface area contributed by atoms with Crippen molar-refractivity contribution in [2.45, 2.75) is 99.8 Å². The maximum atomic E-state index is 12.4. The molecule has 2 aliphatic heterocycles. The lowest BCUT2D eigenvalue weighted by Gasteiger charge is -2.47. The second-order valence-electron chi connectivity index (χ2n) is 14.4. The summed E-state index contributed by atoms with van der Waals surface area (Å²) < 4.78 is 67.9. The highest BCUT2D eigenvalue weighted by atomic mass is 127. The molecular weight excluding hydrogens is 903 g/mol. The minimum absolute atomic E-state index is 0.145. The molecule has 15 heteroatoms. The summed E-state index contributed by atoms with van der Waals surface area (Å²) in [4.78, 5) is 36.5. The lowest BCUT2D eigenvalue weighted by atomic mass is 9.97. The summed E-state index contributed by atoms with van der Waals surface area (Å²) in [5.74, 6) is -0.690. The Labute approximate surface area is 369 Å². The van der Waals surface area contributed by atoms with Crippen LogP contribution in [-0.2, 0) is 76.8 Å². The molecule has 2 saturated heterocycles. The zero-order valence-corrected chi connectivity index (χ0v) is 36.5. The molecule has 4 aromatic rings. The molecule has 2 heterocycles. The van der Waals surface area contributed by atoms with Crippen LogP contribution >= 0.6 is 22.6 Å². The van der Waals surface area contributed by atoms with Gasteiger partial charge < -0.3 is 52.1 Å². The van der Waals surface area contributed by atoms with Crippen LogP contribution in [0.15, 0.2) is 115 Å². The largest absolute Gasteiger partial charge is 0.497 e. The van der Waals surface area contributed by atoms with Crippen LogP contribution in [0.5, 0.6) is 11.5 Å². The molecule has 0 N–H and O–H groups in total. The molecule has 2 fully saturated rings. The van der Waals surface area contributed by atoms with E-state index in [1.165, 1.54) is 20.8 Å². The molecule has 4 aromatic carbocycles. The van der Waals surface area contributed by atoms with Gasteiger partial charge in [0.25, 0.3) is 0 Å². The molecule has 0 radical (unpaired) electrons. The minimum Gasteiger partial charge on any atom is -0.497 e. The number of rotatable bonds is 19. The number of methoxy groups -OCH3 is 1. The third kappa shape index (κ3) is 13.4. The van der Waals surface area contributed by atoms with Crippen LogP contribution < -0.4 is 9.47 Å². The number of hydrogen-bond donors (Lipinski definition) is 0. The van der Waals surface area contributed by atoms with Gasteiger partial charge in [0.2, 0.25) is 6.29 Å². The van der Waals surface area contributed by atoms with Gasteiger partial charge in [0, 0.05) is 20.8 Å². The van der Waals surface area contributed by atoms with E-state index in [9.17, 15) is 14.4 Å². The molecule has 0 amide bonds. The van der Waals surface area contributed by atoms with Crippen LogP contribution in [0.1, 0.15) is 37.5 Å². The molecule has 14 nitrogen and oxygen atoms in total. The summed E-state index contributed by atoms with van der Waals surface area (Å²) >= 11 is 2.04. The van der Waals surface area contributed by atoms with Crippen LogP contribution in [0.4, 0.5) is 0 Å². The van der Waals surface area contributed by atoms with Gasteiger partial charge in [-0.2, -0.15) is 0 Å². The van der Waals surface area contributed by atoms with E-state index in [1.807, 2.05) is 114 Å². The molecular formula is C46H51IO14. The first kappa shape index (κ1) is 45.9. The van der Waals surface area contributed by atoms with Crippen molar-refractivity contribution in [2.75, 3.05) is 20.3 Å². The topological polar surface area (TPSA) is 153 Å². The van der Waals surface area contributed by atoms with Gasteiger partial charge in [-0.15, -0.1) is 0 Å². The molecule has 61 heavy (non-hydrogen) atoms. The predicted molar refractivity (Wildman–Crippen MR) is 228 cm³/mol. The number of alkyl halides is 1. The summed E-state index contributed by atoms with van der Waals surface area (Å²) in [6.07, 6.45) is -8.62. The molecule has 0 spiro atoms. The van der Waals surface area contributed by atoms with E-state index < -0.39 is 77.1 Å². The van der Waals surface area contributed by atoms with Crippen molar-refractivity contribution in [3.63, 3.8) is 0 Å². The maximum Gasteiger partial charge on any atom is 0.303 e. The van der Waals surface area contributed by atoms with Gasteiger partial charge in [-0.25, -0.2) is 0 Å². The average Bonchev–Trinajstić information content (AvgIpc) is 3.26. The van der Waals surface area contributed by atoms with Gasteiger partial charge in [0.15, 0.2) is 18.5 Å². The first-order valence-corrected chi connectivity index (χ1v) is 21.1. The molecule has 0 saturated carbocycles. The molecule has 10 atom stereocenters. The van der Waals surface area contributed by atoms with Crippen molar-refractivity contribution in [3.8, 4) is 11.5 Å². The number of carbonyl (C=O) groups excluding carboxylic acids is 3. The number of benzene rings is 4. The van der Waals surface area contributed by atoms with E-state index >= 15 is 0 Å². The molecule has 6 rings (SSSR count). The summed E-state index contributed by atoms with van der Waals surface area (Å²) in [6.45, 7) is 3.91. The van der Waals surface area contributed by atoms with Gasteiger partial charge in [-0.3, -0.25) is 14.4 Å². The standard InChI is InChI=1S/C46H51IO14/c1-29(48)52-27-38-41(57-30(2)49)42(58-31(3)50)39(47)45(60-38)56-28-37-40(53-24-32-14-8-5-9-15-32)43(54-25-33-16-10-6-11-17-33)44(55-26-34-18-12-7-13-19-34)46(61-37)59-36-22-20-35(51-4)21-23-36/h5-23,37-46H,24-28H2,1-4H3/t37-,38-,39+,40-,41-,42-,43+,44-,45+,46-/m1/s1. The monoisotopic (exact) mass is 954 g/mol. The summed E-state index contributed by atoms with van der Waals surface area (Å²) in [6, 6.07) is 36.3. The SMILES string of the molecule is COc1ccc(O[C@@H]2O[C@H](CO[C@H]3O[C@H](COC(C)=O)[C@@H](OC(C)=O)[C@H](OC(C)=O)[C@@H]3I)[C@@H](OCc3ccccc3)[C@H](OCc3ccccc3)[C@H]2OCc2ccccc2)cc1. The zero-order valence-electron chi connectivity index (χ0n) is 34.4. The molecule has 326 valence electrons. The Balaban J connectivity index is 1.35. The van der Waals surface area contributed by atoms with Gasteiger partial charge in [-0.1, -0.05) is 114 Å². The summed E-state index contributed by atoms with van der Waals surface area (Å²) in [5, 5.41) is 0.